The summed E-state index contributed by atoms with van der Waals surface area (Å²) in [6, 6.07) is 0. The molecule has 5 heteroatoms. The van der Waals surface area contributed by atoms with E-state index in [-0.39, 0.29) is 0 Å². The molecule has 0 amide bonds. The summed E-state index contributed by atoms with van der Waals surface area (Å²) in [6.07, 6.45) is 8.95. The number of aromatic nitrogens is 3. The van der Waals surface area contributed by atoms with Crippen molar-refractivity contribution >= 4 is 17.3 Å². The van der Waals surface area contributed by atoms with Gasteiger partial charge in [0.05, 0.1) is 6.20 Å². The second-order valence-electron chi connectivity index (χ2n) is 3.81. The van der Waals surface area contributed by atoms with Crippen molar-refractivity contribution in [1.29, 1.82) is 0 Å². The maximum Gasteiger partial charge on any atom is 0.180 e. The first-order valence-electron chi connectivity index (χ1n) is 5.64. The Balaban J connectivity index is 2.12. The highest BCUT2D eigenvalue weighted by atomic mass is 15.1. The Labute approximate surface area is 94.7 Å². The van der Waals surface area contributed by atoms with E-state index in [0.29, 0.717) is 5.82 Å². The number of anilines is 2. The Bertz CT molecular complexity index is 462. The van der Waals surface area contributed by atoms with Crippen LogP contribution in [0.15, 0.2) is 18.6 Å². The molecule has 2 aromatic rings. The van der Waals surface area contributed by atoms with Crippen molar-refractivity contribution in [2.24, 2.45) is 0 Å². The summed E-state index contributed by atoms with van der Waals surface area (Å²) >= 11 is 0. The molecule has 2 aromatic heterocycles. The highest BCUT2D eigenvalue weighted by Crippen LogP contribution is 2.14. The minimum absolute atomic E-state index is 0.503. The summed E-state index contributed by atoms with van der Waals surface area (Å²) in [6.45, 7) is 3.10. The molecular formula is C11H17N5. The molecule has 2 rings (SSSR count). The van der Waals surface area contributed by atoms with Crippen LogP contribution in [-0.4, -0.2) is 20.9 Å². The van der Waals surface area contributed by atoms with Crippen molar-refractivity contribution in [3.8, 4) is 0 Å². The van der Waals surface area contributed by atoms with Crippen molar-refractivity contribution in [3.63, 3.8) is 0 Å². The van der Waals surface area contributed by atoms with E-state index in [1.54, 1.807) is 12.4 Å². The van der Waals surface area contributed by atoms with Crippen molar-refractivity contribution in [2.75, 3.05) is 17.6 Å². The lowest BCUT2D eigenvalue weighted by molar-refractivity contribution is 0.742. The topological polar surface area (TPSA) is 68.2 Å². The van der Waals surface area contributed by atoms with Crippen LogP contribution in [0, 0.1) is 0 Å². The molecule has 0 unspecified atom stereocenters. The van der Waals surface area contributed by atoms with Crippen LogP contribution < -0.4 is 11.1 Å². The molecule has 0 bridgehead atoms. The third kappa shape index (κ3) is 2.24. The van der Waals surface area contributed by atoms with Crippen molar-refractivity contribution in [1.82, 2.24) is 14.4 Å². The minimum atomic E-state index is 0.503. The molecule has 0 aliphatic rings. The van der Waals surface area contributed by atoms with Gasteiger partial charge in [-0.2, -0.15) is 0 Å². The second kappa shape index (κ2) is 4.83. The number of rotatable bonds is 5. The maximum atomic E-state index is 5.71. The predicted molar refractivity (Wildman–Crippen MR) is 65.4 cm³/mol. The normalized spacial score (nSPS) is 10.8. The zero-order valence-electron chi connectivity index (χ0n) is 9.48. The molecule has 0 atom stereocenters. The first kappa shape index (κ1) is 10.7. The highest BCUT2D eigenvalue weighted by Gasteiger charge is 2.04. The standard InChI is InChI=1S/C11H17N5/c1-2-3-4-5-13-10-11-14-6-7-16(11)8-9(12)15-10/h6-8H,2-5,12H2,1H3,(H,13,15). The van der Waals surface area contributed by atoms with Gasteiger partial charge in [-0.25, -0.2) is 9.97 Å². The number of nitrogens with zero attached hydrogens (tertiary/aromatic N) is 3. The third-order valence-corrected chi connectivity index (χ3v) is 2.47. The number of nitrogen functional groups attached to an aromatic ring is 1. The molecule has 0 fully saturated rings. The lowest BCUT2D eigenvalue weighted by atomic mass is 10.2. The van der Waals surface area contributed by atoms with Crippen LogP contribution in [0.3, 0.4) is 0 Å². The third-order valence-electron chi connectivity index (χ3n) is 2.47. The predicted octanol–water partition coefficient (Wildman–Crippen LogP) is 1.91. The lowest BCUT2D eigenvalue weighted by Gasteiger charge is -2.07. The van der Waals surface area contributed by atoms with E-state index in [1.807, 2.05) is 10.6 Å². The van der Waals surface area contributed by atoms with E-state index >= 15 is 0 Å². The minimum Gasteiger partial charge on any atom is -0.382 e. The summed E-state index contributed by atoms with van der Waals surface area (Å²) in [5.74, 6) is 1.27. The SMILES string of the molecule is CCCCCNc1nc(N)cn2ccnc12. The van der Waals surface area contributed by atoms with Crippen LogP contribution in [0.1, 0.15) is 26.2 Å². The van der Waals surface area contributed by atoms with Gasteiger partial charge in [0.15, 0.2) is 11.5 Å². The number of nitrogens with two attached hydrogens (primary N) is 1. The summed E-state index contributed by atoms with van der Waals surface area (Å²) in [5, 5.41) is 3.27. The van der Waals surface area contributed by atoms with E-state index < -0.39 is 0 Å². The molecule has 16 heavy (non-hydrogen) atoms. The molecule has 0 radical (unpaired) electrons. The summed E-state index contributed by atoms with van der Waals surface area (Å²) in [4.78, 5) is 8.50. The largest absolute Gasteiger partial charge is 0.382 e. The van der Waals surface area contributed by atoms with Gasteiger partial charge < -0.3 is 15.5 Å². The summed E-state index contributed by atoms with van der Waals surface area (Å²) in [7, 11) is 0. The van der Waals surface area contributed by atoms with Gasteiger partial charge in [0.1, 0.15) is 5.82 Å². The zero-order chi connectivity index (χ0) is 11.4. The van der Waals surface area contributed by atoms with E-state index in [9.17, 15) is 0 Å². The zero-order valence-corrected chi connectivity index (χ0v) is 9.48. The average molecular weight is 219 g/mol. The molecular weight excluding hydrogens is 202 g/mol. The Morgan fingerprint density at radius 2 is 2.31 bits per heavy atom. The molecule has 0 aromatic carbocycles. The maximum absolute atomic E-state index is 5.71. The van der Waals surface area contributed by atoms with E-state index in [4.69, 9.17) is 5.73 Å². The van der Waals surface area contributed by atoms with Gasteiger partial charge in [0.2, 0.25) is 0 Å². The molecule has 5 nitrogen and oxygen atoms in total. The van der Waals surface area contributed by atoms with Gasteiger partial charge in [-0.05, 0) is 6.42 Å². The van der Waals surface area contributed by atoms with Gasteiger partial charge in [0.25, 0.3) is 0 Å². The van der Waals surface area contributed by atoms with Gasteiger partial charge >= 0.3 is 0 Å². The van der Waals surface area contributed by atoms with E-state index in [0.717, 1.165) is 24.4 Å². The van der Waals surface area contributed by atoms with Gasteiger partial charge in [-0.15, -0.1) is 0 Å². The first-order valence-corrected chi connectivity index (χ1v) is 5.64. The smallest absolute Gasteiger partial charge is 0.180 e. The number of unbranched alkanes of at least 4 members (excludes halogenated alkanes) is 2. The van der Waals surface area contributed by atoms with Gasteiger partial charge in [-0.3, -0.25) is 0 Å². The number of fused-ring (bicyclic) bond motifs is 1. The number of imidazole rings is 1. The molecule has 86 valence electrons. The van der Waals surface area contributed by atoms with E-state index in [1.165, 1.54) is 12.8 Å². The average Bonchev–Trinajstić information content (AvgIpc) is 2.72. The Hall–Kier alpha value is -1.78. The van der Waals surface area contributed by atoms with Gasteiger partial charge in [0, 0.05) is 18.9 Å². The Morgan fingerprint density at radius 1 is 1.44 bits per heavy atom. The molecule has 0 saturated carbocycles. The van der Waals surface area contributed by atoms with Crippen LogP contribution in [0.2, 0.25) is 0 Å². The molecule has 0 aliphatic carbocycles. The molecule has 3 N–H and O–H groups in total. The number of hydrogen-bond acceptors (Lipinski definition) is 4. The lowest BCUT2D eigenvalue weighted by Crippen LogP contribution is -2.07. The van der Waals surface area contributed by atoms with Gasteiger partial charge in [-0.1, -0.05) is 19.8 Å². The summed E-state index contributed by atoms with van der Waals surface area (Å²) < 4.78 is 1.88. The fourth-order valence-electron chi connectivity index (χ4n) is 1.65. The highest BCUT2D eigenvalue weighted by molar-refractivity contribution is 5.64. The molecule has 2 heterocycles. The fraction of sp³-hybridized carbons (Fsp3) is 0.455. The van der Waals surface area contributed by atoms with E-state index in [2.05, 4.69) is 22.2 Å². The number of hydrogen-bond donors (Lipinski definition) is 2. The Kier molecular flexibility index (Phi) is 3.24. The Morgan fingerprint density at radius 3 is 3.12 bits per heavy atom. The monoisotopic (exact) mass is 219 g/mol. The first-order chi connectivity index (χ1) is 7.81. The van der Waals surface area contributed by atoms with Crippen molar-refractivity contribution in [3.05, 3.63) is 18.6 Å². The van der Waals surface area contributed by atoms with Crippen LogP contribution in [-0.2, 0) is 0 Å². The molecule has 0 saturated heterocycles. The molecule has 0 aliphatic heterocycles. The molecule has 0 spiro atoms. The fourth-order valence-corrected chi connectivity index (χ4v) is 1.65. The van der Waals surface area contributed by atoms with Crippen LogP contribution >= 0.6 is 0 Å². The van der Waals surface area contributed by atoms with Crippen molar-refractivity contribution < 1.29 is 0 Å². The quantitative estimate of drug-likeness (QED) is 0.754. The second-order valence-corrected chi connectivity index (χ2v) is 3.81. The van der Waals surface area contributed by atoms with Crippen molar-refractivity contribution in [2.45, 2.75) is 26.2 Å². The van der Waals surface area contributed by atoms with Crippen LogP contribution in [0.4, 0.5) is 11.6 Å². The summed E-state index contributed by atoms with van der Waals surface area (Å²) in [5.41, 5.74) is 6.54. The number of nitrogens with one attached hydrogen (secondary N) is 1. The van der Waals surface area contributed by atoms with Crippen LogP contribution in [0.25, 0.3) is 5.65 Å². The van der Waals surface area contributed by atoms with Crippen LogP contribution in [0.5, 0.6) is 0 Å².